The van der Waals surface area contributed by atoms with E-state index in [0.29, 0.717) is 0 Å². The molecule has 0 radical (unpaired) electrons. The van der Waals surface area contributed by atoms with Crippen LogP contribution in [0, 0.1) is 17.8 Å². The Hall–Kier alpha value is 0.310. The minimum atomic E-state index is 0.733. The van der Waals surface area contributed by atoms with Gasteiger partial charge in [-0.3, -0.25) is 0 Å². The summed E-state index contributed by atoms with van der Waals surface area (Å²) < 4.78 is 0. The van der Waals surface area contributed by atoms with E-state index in [2.05, 4.69) is 58.7 Å². The van der Waals surface area contributed by atoms with Crippen LogP contribution in [0.2, 0.25) is 0 Å². The first-order valence-corrected chi connectivity index (χ1v) is 8.22. The van der Waals surface area contributed by atoms with Crippen molar-refractivity contribution in [1.82, 2.24) is 5.32 Å². The van der Waals surface area contributed by atoms with E-state index >= 15 is 0 Å². The van der Waals surface area contributed by atoms with Crippen molar-refractivity contribution in [2.24, 2.45) is 17.8 Å². The monoisotopic (exact) mass is 257 g/mol. The number of thioether (sulfide) groups is 1. The largest absolute Gasteiger partial charge is 0.316 e. The summed E-state index contributed by atoms with van der Waals surface area (Å²) in [4.78, 5) is 0. The molecule has 4 unspecified atom stereocenters. The van der Waals surface area contributed by atoms with Gasteiger partial charge in [-0.05, 0) is 44.1 Å². The molecule has 0 aromatic rings. The molecule has 17 heavy (non-hydrogen) atoms. The predicted molar refractivity (Wildman–Crippen MR) is 80.7 cm³/mol. The van der Waals surface area contributed by atoms with Crippen LogP contribution in [0.3, 0.4) is 0 Å². The van der Waals surface area contributed by atoms with Crippen LogP contribution in [-0.4, -0.2) is 23.6 Å². The zero-order valence-electron chi connectivity index (χ0n) is 12.5. The van der Waals surface area contributed by atoms with Gasteiger partial charge >= 0.3 is 0 Å². The van der Waals surface area contributed by atoms with Crippen LogP contribution in [-0.2, 0) is 0 Å². The molecule has 102 valence electrons. The van der Waals surface area contributed by atoms with Gasteiger partial charge in [0.15, 0.2) is 0 Å². The molecule has 0 bridgehead atoms. The van der Waals surface area contributed by atoms with E-state index in [4.69, 9.17) is 0 Å². The molecule has 0 aliphatic heterocycles. The molecule has 1 saturated carbocycles. The van der Waals surface area contributed by atoms with Crippen LogP contribution in [0.4, 0.5) is 0 Å². The predicted octanol–water partition coefficient (Wildman–Crippen LogP) is 4.18. The fourth-order valence-electron chi connectivity index (χ4n) is 2.68. The fraction of sp³-hybridized carbons (Fsp3) is 1.00. The van der Waals surface area contributed by atoms with Gasteiger partial charge in [0.05, 0.1) is 0 Å². The molecular formula is C15H31NS. The third-order valence-electron chi connectivity index (χ3n) is 4.47. The SMILES string of the molecule is CNC1CCC(C(C)C)CC1SC(C)C(C)C. The minimum Gasteiger partial charge on any atom is -0.316 e. The van der Waals surface area contributed by atoms with Crippen molar-refractivity contribution in [3.8, 4) is 0 Å². The summed E-state index contributed by atoms with van der Waals surface area (Å²) in [6.45, 7) is 11.8. The molecule has 1 aliphatic rings. The smallest absolute Gasteiger partial charge is 0.0206 e. The Kier molecular flexibility index (Phi) is 6.36. The van der Waals surface area contributed by atoms with Crippen molar-refractivity contribution in [1.29, 1.82) is 0 Å². The highest BCUT2D eigenvalue weighted by atomic mass is 32.2. The van der Waals surface area contributed by atoms with Gasteiger partial charge in [-0.15, -0.1) is 0 Å². The minimum absolute atomic E-state index is 0.733. The molecular weight excluding hydrogens is 226 g/mol. The van der Waals surface area contributed by atoms with Crippen molar-refractivity contribution in [2.45, 2.75) is 70.4 Å². The van der Waals surface area contributed by atoms with Crippen LogP contribution in [0.25, 0.3) is 0 Å². The molecule has 0 spiro atoms. The molecule has 0 amide bonds. The Labute approximate surface area is 113 Å². The Balaban J connectivity index is 2.57. The Morgan fingerprint density at radius 3 is 2.18 bits per heavy atom. The number of hydrogen-bond donors (Lipinski definition) is 1. The quantitative estimate of drug-likeness (QED) is 0.793. The molecule has 0 saturated heterocycles. The summed E-state index contributed by atoms with van der Waals surface area (Å²) in [5, 5.41) is 5.13. The Morgan fingerprint density at radius 1 is 1.06 bits per heavy atom. The van der Waals surface area contributed by atoms with Gasteiger partial charge in [-0.1, -0.05) is 34.6 Å². The topological polar surface area (TPSA) is 12.0 Å². The van der Waals surface area contributed by atoms with E-state index in [9.17, 15) is 0 Å². The fourth-order valence-corrected chi connectivity index (χ4v) is 4.36. The highest BCUT2D eigenvalue weighted by Crippen LogP contribution is 2.38. The first kappa shape index (κ1) is 15.4. The Morgan fingerprint density at radius 2 is 1.71 bits per heavy atom. The van der Waals surface area contributed by atoms with E-state index in [-0.39, 0.29) is 0 Å². The second-order valence-corrected chi connectivity index (χ2v) is 7.96. The van der Waals surface area contributed by atoms with E-state index in [1.807, 2.05) is 0 Å². The summed E-state index contributed by atoms with van der Waals surface area (Å²) >= 11 is 2.22. The molecule has 0 aromatic carbocycles. The summed E-state index contributed by atoms with van der Waals surface area (Å²) in [5.41, 5.74) is 0. The van der Waals surface area contributed by atoms with Gasteiger partial charge in [0.25, 0.3) is 0 Å². The van der Waals surface area contributed by atoms with E-state index < -0.39 is 0 Å². The number of nitrogens with one attached hydrogen (secondary N) is 1. The summed E-state index contributed by atoms with van der Waals surface area (Å²) in [7, 11) is 2.13. The summed E-state index contributed by atoms with van der Waals surface area (Å²) in [5.74, 6) is 2.58. The van der Waals surface area contributed by atoms with Crippen LogP contribution < -0.4 is 5.32 Å². The zero-order valence-corrected chi connectivity index (χ0v) is 13.3. The van der Waals surface area contributed by atoms with Crippen molar-refractivity contribution < 1.29 is 0 Å². The van der Waals surface area contributed by atoms with E-state index in [0.717, 1.165) is 34.3 Å². The Bertz CT molecular complexity index is 213. The second kappa shape index (κ2) is 7.04. The van der Waals surface area contributed by atoms with Crippen molar-refractivity contribution in [3.05, 3.63) is 0 Å². The van der Waals surface area contributed by atoms with Gasteiger partial charge in [-0.2, -0.15) is 11.8 Å². The van der Waals surface area contributed by atoms with Gasteiger partial charge in [0, 0.05) is 16.5 Å². The maximum Gasteiger partial charge on any atom is 0.0206 e. The average molecular weight is 257 g/mol. The molecule has 4 atom stereocenters. The van der Waals surface area contributed by atoms with Crippen molar-refractivity contribution in [3.63, 3.8) is 0 Å². The van der Waals surface area contributed by atoms with Crippen LogP contribution in [0.15, 0.2) is 0 Å². The standard InChI is InChI=1S/C15H31NS/c1-10(2)12(5)17-15-9-13(11(3)4)7-8-14(15)16-6/h10-16H,7-9H2,1-6H3. The third-order valence-corrected chi connectivity index (χ3v) is 6.32. The molecule has 1 aliphatic carbocycles. The molecule has 0 aromatic heterocycles. The van der Waals surface area contributed by atoms with E-state index in [1.54, 1.807) is 0 Å². The highest BCUT2D eigenvalue weighted by Gasteiger charge is 2.32. The second-order valence-electron chi connectivity index (χ2n) is 6.34. The number of rotatable bonds is 5. The van der Waals surface area contributed by atoms with Gasteiger partial charge < -0.3 is 5.32 Å². The summed E-state index contributed by atoms with van der Waals surface area (Å²) in [6, 6.07) is 0.733. The maximum absolute atomic E-state index is 3.54. The lowest BCUT2D eigenvalue weighted by atomic mass is 9.79. The molecule has 1 nitrogen and oxygen atoms in total. The van der Waals surface area contributed by atoms with Crippen LogP contribution in [0.1, 0.15) is 53.9 Å². The first-order chi connectivity index (χ1) is 7.95. The molecule has 2 heteroatoms. The third kappa shape index (κ3) is 4.48. The zero-order chi connectivity index (χ0) is 13.0. The van der Waals surface area contributed by atoms with Crippen molar-refractivity contribution in [2.75, 3.05) is 7.05 Å². The van der Waals surface area contributed by atoms with Gasteiger partial charge in [0.1, 0.15) is 0 Å². The van der Waals surface area contributed by atoms with E-state index in [1.165, 1.54) is 19.3 Å². The van der Waals surface area contributed by atoms with Crippen LogP contribution >= 0.6 is 11.8 Å². The van der Waals surface area contributed by atoms with Gasteiger partial charge in [0.2, 0.25) is 0 Å². The molecule has 1 fully saturated rings. The molecule has 0 heterocycles. The van der Waals surface area contributed by atoms with Crippen LogP contribution in [0.5, 0.6) is 0 Å². The maximum atomic E-state index is 3.54. The highest BCUT2D eigenvalue weighted by molar-refractivity contribution is 8.00. The first-order valence-electron chi connectivity index (χ1n) is 7.28. The normalized spacial score (nSPS) is 32.1. The average Bonchev–Trinajstić information content (AvgIpc) is 2.28. The number of hydrogen-bond acceptors (Lipinski definition) is 2. The lowest BCUT2D eigenvalue weighted by Crippen LogP contribution is -2.42. The lowest BCUT2D eigenvalue weighted by molar-refractivity contribution is 0.251. The molecule has 1 N–H and O–H groups in total. The summed E-state index contributed by atoms with van der Waals surface area (Å²) in [6.07, 6.45) is 4.18. The van der Waals surface area contributed by atoms with Gasteiger partial charge in [-0.25, -0.2) is 0 Å². The van der Waals surface area contributed by atoms with Crippen molar-refractivity contribution >= 4 is 11.8 Å². The molecule has 1 rings (SSSR count). The lowest BCUT2D eigenvalue weighted by Gasteiger charge is -2.39.